The highest BCUT2D eigenvalue weighted by Gasteiger charge is 2.30. The van der Waals surface area contributed by atoms with E-state index in [0.29, 0.717) is 5.95 Å². The smallest absolute Gasteiger partial charge is 0.332 e. The van der Waals surface area contributed by atoms with Gasteiger partial charge in [-0.2, -0.15) is 4.98 Å². The molecule has 1 fully saturated rings. The summed E-state index contributed by atoms with van der Waals surface area (Å²) in [4.78, 5) is 47.5. The van der Waals surface area contributed by atoms with Crippen molar-refractivity contribution < 1.29 is 27.1 Å². The molecule has 10 nitrogen and oxygen atoms in total. The van der Waals surface area contributed by atoms with Crippen molar-refractivity contribution in [2.75, 3.05) is 38.2 Å². The van der Waals surface area contributed by atoms with E-state index in [-0.39, 0.29) is 61.7 Å². The number of methoxy groups -OCH3 is 1. The van der Waals surface area contributed by atoms with Crippen LogP contribution in [0.15, 0.2) is 39.9 Å². The number of halogens is 4. The minimum Gasteiger partial charge on any atom is -0.497 e. The minimum atomic E-state index is -1.11. The Balaban J connectivity index is 1.49. The number of hydrogen-bond acceptors (Lipinski definition) is 6. The lowest BCUT2D eigenvalue weighted by molar-refractivity contribution is 0.0736. The van der Waals surface area contributed by atoms with Crippen molar-refractivity contribution in [3.05, 3.63) is 85.6 Å². The molecule has 2 aromatic carbocycles. The Kier molecular flexibility index (Phi) is 7.99. The van der Waals surface area contributed by atoms with Crippen LogP contribution in [0.5, 0.6) is 5.75 Å². The van der Waals surface area contributed by atoms with Crippen LogP contribution in [-0.2, 0) is 20.1 Å². The van der Waals surface area contributed by atoms with E-state index in [1.807, 2.05) is 0 Å². The third-order valence-corrected chi connectivity index (χ3v) is 7.27. The van der Waals surface area contributed by atoms with Crippen LogP contribution < -0.4 is 20.9 Å². The summed E-state index contributed by atoms with van der Waals surface area (Å²) in [5.74, 6) is 0.871. The summed E-state index contributed by atoms with van der Waals surface area (Å²) in [5.41, 5.74) is -1.72. The molecule has 1 aliphatic rings. The van der Waals surface area contributed by atoms with Gasteiger partial charge < -0.3 is 14.5 Å². The molecule has 1 saturated heterocycles. The molecule has 0 saturated carbocycles. The van der Waals surface area contributed by atoms with Gasteiger partial charge >= 0.3 is 5.69 Å². The number of rotatable bonds is 6. The van der Waals surface area contributed by atoms with Crippen LogP contribution in [0.25, 0.3) is 11.2 Å². The third kappa shape index (κ3) is 5.33. The molecular weight excluding hydrogens is 572 g/mol. The Hall–Kier alpha value is -5.06. The van der Waals surface area contributed by atoms with Crippen molar-refractivity contribution in [2.45, 2.75) is 20.0 Å². The van der Waals surface area contributed by atoms with E-state index in [1.165, 1.54) is 29.7 Å². The third-order valence-electron chi connectivity index (χ3n) is 7.27. The summed E-state index contributed by atoms with van der Waals surface area (Å²) >= 11 is 0. The zero-order valence-electron chi connectivity index (χ0n) is 23.5. The highest BCUT2D eigenvalue weighted by Crippen LogP contribution is 2.25. The normalized spacial score (nSPS) is 13.3. The number of ether oxygens (including phenoxy) is 1. The van der Waals surface area contributed by atoms with Crippen molar-refractivity contribution in [1.29, 1.82) is 0 Å². The van der Waals surface area contributed by atoms with Gasteiger partial charge in [0.2, 0.25) is 5.95 Å². The molecule has 2 aromatic heterocycles. The molecule has 0 atom stereocenters. The zero-order valence-corrected chi connectivity index (χ0v) is 23.5. The van der Waals surface area contributed by atoms with Gasteiger partial charge in [0.15, 0.2) is 22.8 Å². The zero-order chi connectivity index (χ0) is 31.0. The highest BCUT2D eigenvalue weighted by molar-refractivity contribution is 5.95. The number of carbonyl (C=O) groups excluding carboxylic acids is 1. The molecule has 1 aliphatic heterocycles. The summed E-state index contributed by atoms with van der Waals surface area (Å²) in [6, 6.07) is 4.99. The van der Waals surface area contributed by atoms with Gasteiger partial charge in [-0.05, 0) is 24.6 Å². The molecule has 0 radical (unpaired) electrons. The number of nitrogens with zero attached hydrogens (tertiary/aromatic N) is 6. The average molecular weight is 599 g/mol. The lowest BCUT2D eigenvalue weighted by Crippen LogP contribution is -2.49. The van der Waals surface area contributed by atoms with Crippen molar-refractivity contribution in [3.8, 4) is 17.6 Å². The van der Waals surface area contributed by atoms with Gasteiger partial charge in [-0.1, -0.05) is 12.0 Å². The van der Waals surface area contributed by atoms with E-state index in [9.17, 15) is 31.9 Å². The minimum absolute atomic E-state index is 0.0440. The predicted molar refractivity (Wildman–Crippen MR) is 149 cm³/mol. The molecular formula is C29H26F4N6O4. The van der Waals surface area contributed by atoms with Crippen LogP contribution in [-0.4, -0.2) is 62.8 Å². The van der Waals surface area contributed by atoms with Crippen LogP contribution in [0.3, 0.4) is 0 Å². The predicted octanol–water partition coefficient (Wildman–Crippen LogP) is 2.50. The van der Waals surface area contributed by atoms with Gasteiger partial charge in [-0.25, -0.2) is 22.4 Å². The van der Waals surface area contributed by atoms with E-state index >= 15 is 0 Å². The first kappa shape index (κ1) is 29.4. The summed E-state index contributed by atoms with van der Waals surface area (Å²) in [5, 5.41) is 0. The molecule has 0 N–H and O–H groups in total. The van der Waals surface area contributed by atoms with Crippen LogP contribution in [0.4, 0.5) is 23.5 Å². The Morgan fingerprint density at radius 1 is 0.953 bits per heavy atom. The molecule has 1 amide bonds. The van der Waals surface area contributed by atoms with Gasteiger partial charge in [0.25, 0.3) is 11.5 Å². The largest absolute Gasteiger partial charge is 0.497 e. The molecule has 3 heterocycles. The van der Waals surface area contributed by atoms with Crippen LogP contribution in [0, 0.1) is 35.1 Å². The summed E-state index contributed by atoms with van der Waals surface area (Å²) in [6.45, 7) is 1.94. The van der Waals surface area contributed by atoms with E-state index < -0.39 is 46.0 Å². The van der Waals surface area contributed by atoms with E-state index in [1.54, 1.807) is 16.4 Å². The summed E-state index contributed by atoms with van der Waals surface area (Å²) in [7, 11) is 2.70. The Labute approximate surface area is 242 Å². The number of hydrogen-bond donors (Lipinski definition) is 0. The van der Waals surface area contributed by atoms with Crippen molar-refractivity contribution in [3.63, 3.8) is 0 Å². The molecule has 0 spiro atoms. The molecule has 0 unspecified atom stereocenters. The number of piperazine rings is 1. The molecule has 14 heteroatoms. The van der Waals surface area contributed by atoms with E-state index in [2.05, 4.69) is 16.8 Å². The lowest BCUT2D eigenvalue weighted by atomic mass is 10.1. The van der Waals surface area contributed by atoms with Gasteiger partial charge in [0.05, 0.1) is 20.2 Å². The topological polar surface area (TPSA) is 94.6 Å². The van der Waals surface area contributed by atoms with Crippen molar-refractivity contribution >= 4 is 23.0 Å². The lowest BCUT2D eigenvalue weighted by Gasteiger charge is -2.35. The molecule has 0 bridgehead atoms. The van der Waals surface area contributed by atoms with Gasteiger partial charge in [0, 0.05) is 45.4 Å². The second kappa shape index (κ2) is 11.7. The van der Waals surface area contributed by atoms with E-state index in [4.69, 9.17) is 4.74 Å². The quantitative estimate of drug-likeness (QED) is 0.250. The Morgan fingerprint density at radius 3 is 2.23 bits per heavy atom. The van der Waals surface area contributed by atoms with Crippen LogP contribution >= 0.6 is 0 Å². The standard InChI is InChI=1S/C29H26F4N6O4/c1-4-5-8-38-24-25(35(2)29(42)39(27(24)41)16-17-6-7-19(30)20(31)13-17)34-28(38)37-11-9-36(10-12-37)26(40)23-21(32)14-18(43-3)15-22(23)33/h6-7,13-15H,8-12,16H2,1-3H3. The number of aryl methyl sites for hydroxylation is 1. The summed E-state index contributed by atoms with van der Waals surface area (Å²) < 4.78 is 64.9. The average Bonchev–Trinajstić information content (AvgIpc) is 3.38. The summed E-state index contributed by atoms with van der Waals surface area (Å²) in [6.07, 6.45) is 0. The van der Waals surface area contributed by atoms with E-state index in [0.717, 1.165) is 28.8 Å². The molecule has 0 aliphatic carbocycles. The second-order valence-electron chi connectivity index (χ2n) is 9.82. The number of aromatic nitrogens is 4. The van der Waals surface area contributed by atoms with Gasteiger partial charge in [0.1, 0.15) is 22.9 Å². The number of fused-ring (bicyclic) bond motifs is 1. The van der Waals surface area contributed by atoms with Gasteiger partial charge in [-0.3, -0.25) is 23.3 Å². The SMILES string of the molecule is CC#CCn1c(N2CCN(C(=O)c3c(F)cc(OC)cc3F)CC2)nc2c1c(=O)n(Cc1ccc(F)c(F)c1)c(=O)n2C. The van der Waals surface area contributed by atoms with Crippen LogP contribution in [0.2, 0.25) is 0 Å². The number of benzene rings is 2. The molecule has 5 rings (SSSR count). The Morgan fingerprint density at radius 2 is 1.63 bits per heavy atom. The fraction of sp³-hybridized carbons (Fsp3) is 0.310. The first-order chi connectivity index (χ1) is 20.5. The van der Waals surface area contributed by atoms with Crippen molar-refractivity contribution in [2.24, 2.45) is 7.05 Å². The fourth-order valence-corrected chi connectivity index (χ4v) is 5.01. The maximum atomic E-state index is 14.6. The number of imidazole rings is 1. The maximum absolute atomic E-state index is 14.6. The highest BCUT2D eigenvalue weighted by atomic mass is 19.2. The first-order valence-corrected chi connectivity index (χ1v) is 13.2. The number of amides is 1. The maximum Gasteiger partial charge on any atom is 0.332 e. The molecule has 4 aromatic rings. The molecule has 43 heavy (non-hydrogen) atoms. The fourth-order valence-electron chi connectivity index (χ4n) is 5.01. The first-order valence-electron chi connectivity index (χ1n) is 13.2. The van der Waals surface area contributed by atoms with Crippen molar-refractivity contribution in [1.82, 2.24) is 23.6 Å². The van der Waals surface area contributed by atoms with Gasteiger partial charge in [-0.15, -0.1) is 5.92 Å². The Bertz CT molecular complexity index is 1910. The monoisotopic (exact) mass is 598 g/mol. The number of anilines is 1. The number of carbonyl (C=O) groups is 1. The van der Waals surface area contributed by atoms with Crippen LogP contribution in [0.1, 0.15) is 22.8 Å². The second-order valence-corrected chi connectivity index (χ2v) is 9.82. The molecule has 224 valence electrons.